The van der Waals surface area contributed by atoms with Gasteiger partial charge in [0.25, 0.3) is 0 Å². The van der Waals surface area contributed by atoms with Gasteiger partial charge in [0.05, 0.1) is 0 Å². The predicted molar refractivity (Wildman–Crippen MR) is 56.8 cm³/mol. The molecule has 1 fully saturated rings. The zero-order chi connectivity index (χ0) is 9.97. The van der Waals surface area contributed by atoms with Crippen LogP contribution >= 0.6 is 11.6 Å². The van der Waals surface area contributed by atoms with Crippen molar-refractivity contribution >= 4 is 11.6 Å². The van der Waals surface area contributed by atoms with Crippen LogP contribution in [0.15, 0.2) is 12.1 Å². The molecule has 76 valence electrons. The molecule has 0 bridgehead atoms. The maximum Gasteiger partial charge on any atom is 0.213 e. The Morgan fingerprint density at radius 1 is 1.50 bits per heavy atom. The zero-order valence-corrected chi connectivity index (χ0v) is 9.05. The van der Waals surface area contributed by atoms with Gasteiger partial charge in [-0.1, -0.05) is 6.07 Å². The Labute approximate surface area is 89.3 Å². The van der Waals surface area contributed by atoms with E-state index in [9.17, 15) is 0 Å². The summed E-state index contributed by atoms with van der Waals surface area (Å²) < 4.78 is 5.68. The first-order valence-corrected chi connectivity index (χ1v) is 5.52. The Kier molecular flexibility index (Phi) is 2.92. The van der Waals surface area contributed by atoms with E-state index in [0.717, 1.165) is 30.0 Å². The second-order valence-corrected chi connectivity index (χ2v) is 3.97. The van der Waals surface area contributed by atoms with Gasteiger partial charge in [-0.05, 0) is 31.7 Å². The van der Waals surface area contributed by atoms with Gasteiger partial charge in [0, 0.05) is 17.6 Å². The van der Waals surface area contributed by atoms with Crippen molar-refractivity contribution in [3.63, 3.8) is 0 Å². The standard InChI is InChI=1S/C11H14ClNO/c1-8-9(7-12)5-6-11(13-8)14-10-3-2-4-10/h5-6,10H,2-4,7H2,1H3. The molecule has 1 aromatic heterocycles. The van der Waals surface area contributed by atoms with Gasteiger partial charge in [-0.15, -0.1) is 11.6 Å². The first kappa shape index (κ1) is 9.78. The lowest BCUT2D eigenvalue weighted by Gasteiger charge is -2.25. The van der Waals surface area contributed by atoms with Crippen molar-refractivity contribution in [3.8, 4) is 5.88 Å². The molecule has 2 rings (SSSR count). The van der Waals surface area contributed by atoms with Crippen LogP contribution in [0.1, 0.15) is 30.5 Å². The molecular formula is C11H14ClNO. The second-order valence-electron chi connectivity index (χ2n) is 3.70. The van der Waals surface area contributed by atoms with Gasteiger partial charge >= 0.3 is 0 Å². The summed E-state index contributed by atoms with van der Waals surface area (Å²) in [7, 11) is 0. The summed E-state index contributed by atoms with van der Waals surface area (Å²) in [6, 6.07) is 3.90. The molecule has 0 atom stereocenters. The topological polar surface area (TPSA) is 22.1 Å². The van der Waals surface area contributed by atoms with Crippen molar-refractivity contribution in [2.24, 2.45) is 0 Å². The molecule has 1 aliphatic rings. The summed E-state index contributed by atoms with van der Waals surface area (Å²) in [5.41, 5.74) is 2.05. The molecule has 1 heterocycles. The van der Waals surface area contributed by atoms with Crippen molar-refractivity contribution in [1.29, 1.82) is 0 Å². The highest BCUT2D eigenvalue weighted by Gasteiger charge is 2.19. The number of nitrogens with zero attached hydrogens (tertiary/aromatic N) is 1. The van der Waals surface area contributed by atoms with E-state index in [2.05, 4.69) is 4.98 Å². The number of hydrogen-bond donors (Lipinski definition) is 0. The van der Waals surface area contributed by atoms with E-state index in [1.165, 1.54) is 6.42 Å². The number of rotatable bonds is 3. The van der Waals surface area contributed by atoms with Gasteiger partial charge in [0.2, 0.25) is 5.88 Å². The maximum atomic E-state index is 5.75. The minimum Gasteiger partial charge on any atom is -0.474 e. The lowest BCUT2D eigenvalue weighted by atomic mass is 9.96. The first-order chi connectivity index (χ1) is 6.79. The second kappa shape index (κ2) is 4.18. The highest BCUT2D eigenvalue weighted by atomic mass is 35.5. The molecular weight excluding hydrogens is 198 g/mol. The molecule has 14 heavy (non-hydrogen) atoms. The molecule has 0 radical (unpaired) electrons. The number of hydrogen-bond acceptors (Lipinski definition) is 2. The lowest BCUT2D eigenvalue weighted by Crippen LogP contribution is -2.25. The third kappa shape index (κ3) is 2.01. The Morgan fingerprint density at radius 2 is 2.29 bits per heavy atom. The van der Waals surface area contributed by atoms with Crippen LogP contribution in [0.3, 0.4) is 0 Å². The van der Waals surface area contributed by atoms with Crippen molar-refractivity contribution in [2.45, 2.75) is 38.2 Å². The monoisotopic (exact) mass is 211 g/mol. The molecule has 0 saturated heterocycles. The fraction of sp³-hybridized carbons (Fsp3) is 0.545. The smallest absolute Gasteiger partial charge is 0.213 e. The number of alkyl halides is 1. The summed E-state index contributed by atoms with van der Waals surface area (Å²) in [5, 5.41) is 0. The highest BCUT2D eigenvalue weighted by Crippen LogP contribution is 2.24. The van der Waals surface area contributed by atoms with E-state index < -0.39 is 0 Å². The summed E-state index contributed by atoms with van der Waals surface area (Å²) in [6.45, 7) is 1.96. The van der Waals surface area contributed by atoms with E-state index in [4.69, 9.17) is 16.3 Å². The van der Waals surface area contributed by atoms with Crippen LogP contribution < -0.4 is 4.74 Å². The van der Waals surface area contributed by atoms with Crippen LogP contribution in [-0.2, 0) is 5.88 Å². The van der Waals surface area contributed by atoms with E-state index in [1.807, 2.05) is 19.1 Å². The number of pyridine rings is 1. The Balaban J connectivity index is 2.07. The molecule has 1 saturated carbocycles. The summed E-state index contributed by atoms with van der Waals surface area (Å²) in [4.78, 5) is 4.36. The third-order valence-corrected chi connectivity index (χ3v) is 2.94. The predicted octanol–water partition coefficient (Wildman–Crippen LogP) is 3.06. The largest absolute Gasteiger partial charge is 0.474 e. The average molecular weight is 212 g/mol. The number of aromatic nitrogens is 1. The Bertz CT molecular complexity index is 323. The molecule has 0 aliphatic heterocycles. The lowest BCUT2D eigenvalue weighted by molar-refractivity contribution is 0.114. The highest BCUT2D eigenvalue weighted by molar-refractivity contribution is 6.17. The minimum atomic E-state index is 0.392. The summed E-state index contributed by atoms with van der Waals surface area (Å²) in [6.07, 6.45) is 4.00. The van der Waals surface area contributed by atoms with Crippen LogP contribution in [-0.4, -0.2) is 11.1 Å². The summed E-state index contributed by atoms with van der Waals surface area (Å²) in [5.74, 6) is 1.25. The molecule has 0 amide bonds. The molecule has 2 nitrogen and oxygen atoms in total. The Hall–Kier alpha value is -0.760. The van der Waals surface area contributed by atoms with Gasteiger partial charge in [-0.25, -0.2) is 4.98 Å². The van der Waals surface area contributed by atoms with Crippen LogP contribution in [0.5, 0.6) is 5.88 Å². The maximum absolute atomic E-state index is 5.75. The fourth-order valence-corrected chi connectivity index (χ4v) is 1.72. The first-order valence-electron chi connectivity index (χ1n) is 4.99. The zero-order valence-electron chi connectivity index (χ0n) is 8.29. The third-order valence-electron chi connectivity index (χ3n) is 2.65. The summed E-state index contributed by atoms with van der Waals surface area (Å²) >= 11 is 5.75. The Morgan fingerprint density at radius 3 is 2.79 bits per heavy atom. The minimum absolute atomic E-state index is 0.392. The van der Waals surface area contributed by atoms with Crippen molar-refractivity contribution in [1.82, 2.24) is 4.98 Å². The van der Waals surface area contributed by atoms with Gasteiger partial charge in [-0.3, -0.25) is 0 Å². The number of aryl methyl sites for hydroxylation is 1. The van der Waals surface area contributed by atoms with E-state index in [-0.39, 0.29) is 0 Å². The van der Waals surface area contributed by atoms with Crippen molar-refractivity contribution in [2.75, 3.05) is 0 Å². The fourth-order valence-electron chi connectivity index (χ4n) is 1.43. The molecule has 1 aliphatic carbocycles. The van der Waals surface area contributed by atoms with Gasteiger partial charge < -0.3 is 4.74 Å². The average Bonchev–Trinajstić information content (AvgIpc) is 2.12. The van der Waals surface area contributed by atoms with Gasteiger partial charge in [0.1, 0.15) is 6.10 Å². The van der Waals surface area contributed by atoms with E-state index in [1.54, 1.807) is 0 Å². The van der Waals surface area contributed by atoms with Crippen LogP contribution in [0.2, 0.25) is 0 Å². The molecule has 0 unspecified atom stereocenters. The van der Waals surface area contributed by atoms with Gasteiger partial charge in [0.15, 0.2) is 0 Å². The van der Waals surface area contributed by atoms with Crippen LogP contribution in [0, 0.1) is 6.92 Å². The molecule has 0 spiro atoms. The molecule has 0 aromatic carbocycles. The van der Waals surface area contributed by atoms with Crippen molar-refractivity contribution in [3.05, 3.63) is 23.4 Å². The SMILES string of the molecule is Cc1nc(OC2CCC2)ccc1CCl. The number of ether oxygens (including phenoxy) is 1. The van der Waals surface area contributed by atoms with E-state index in [0.29, 0.717) is 12.0 Å². The quantitative estimate of drug-likeness (QED) is 0.717. The number of halogens is 1. The van der Waals surface area contributed by atoms with E-state index >= 15 is 0 Å². The van der Waals surface area contributed by atoms with Crippen LogP contribution in [0.25, 0.3) is 0 Å². The van der Waals surface area contributed by atoms with Crippen LogP contribution in [0.4, 0.5) is 0 Å². The molecule has 1 aromatic rings. The molecule has 0 N–H and O–H groups in total. The van der Waals surface area contributed by atoms with Gasteiger partial charge in [-0.2, -0.15) is 0 Å². The normalized spacial score (nSPS) is 16.4. The molecule has 3 heteroatoms. The van der Waals surface area contributed by atoms with Crippen molar-refractivity contribution < 1.29 is 4.74 Å².